The van der Waals surface area contributed by atoms with Crippen molar-refractivity contribution in [2.75, 3.05) is 7.11 Å². The van der Waals surface area contributed by atoms with E-state index in [0.717, 1.165) is 40.8 Å². The summed E-state index contributed by atoms with van der Waals surface area (Å²) in [5, 5.41) is 8.90. The summed E-state index contributed by atoms with van der Waals surface area (Å²) in [6, 6.07) is 8.21. The molecule has 0 amide bonds. The predicted octanol–water partition coefficient (Wildman–Crippen LogP) is 2.64. The van der Waals surface area contributed by atoms with E-state index in [2.05, 4.69) is 21.5 Å². The molecular formula is C15H18N4OS. The summed E-state index contributed by atoms with van der Waals surface area (Å²) in [5.74, 6) is 0.810. The maximum absolute atomic E-state index is 5.40. The van der Waals surface area contributed by atoms with Gasteiger partial charge in [-0.1, -0.05) is 12.1 Å². The van der Waals surface area contributed by atoms with Gasteiger partial charge in [0.25, 0.3) is 0 Å². The van der Waals surface area contributed by atoms with Crippen LogP contribution in [0, 0.1) is 6.92 Å². The summed E-state index contributed by atoms with van der Waals surface area (Å²) in [5.41, 5.74) is 3.15. The Bertz CT molecular complexity index is 729. The molecule has 0 aliphatic carbocycles. The molecule has 0 saturated carbocycles. The smallest absolute Gasteiger partial charge is 0.216 e. The molecule has 0 radical (unpaired) electrons. The zero-order valence-corrected chi connectivity index (χ0v) is 13.2. The van der Waals surface area contributed by atoms with E-state index in [1.54, 1.807) is 23.1 Å². The van der Waals surface area contributed by atoms with Crippen LogP contribution in [0.15, 0.2) is 24.3 Å². The molecule has 0 aliphatic rings. The second-order valence-electron chi connectivity index (χ2n) is 4.88. The Hall–Kier alpha value is -1.92. The number of benzene rings is 1. The number of hydrogen-bond acceptors (Lipinski definition) is 5. The summed E-state index contributed by atoms with van der Waals surface area (Å²) in [4.78, 5) is 4.62. The van der Waals surface area contributed by atoms with Crippen molar-refractivity contribution < 1.29 is 4.74 Å². The highest BCUT2D eigenvalue weighted by molar-refractivity contribution is 7.18. The van der Waals surface area contributed by atoms with Crippen molar-refractivity contribution in [3.63, 3.8) is 0 Å². The number of ether oxygens (including phenoxy) is 1. The lowest BCUT2D eigenvalue weighted by molar-refractivity contribution is 0.368. The molecule has 0 fully saturated rings. The van der Waals surface area contributed by atoms with Crippen molar-refractivity contribution in [2.24, 2.45) is 7.05 Å². The lowest BCUT2D eigenvalue weighted by Gasteiger charge is -2.05. The molecule has 21 heavy (non-hydrogen) atoms. The SMILES string of the molecule is COc1c(CNCc2nc3ccccc3s2)c(C)nn1C. The summed E-state index contributed by atoms with van der Waals surface area (Å²) in [6.07, 6.45) is 0. The molecular weight excluding hydrogens is 284 g/mol. The Balaban J connectivity index is 1.68. The molecule has 3 aromatic rings. The van der Waals surface area contributed by atoms with Crippen molar-refractivity contribution in [2.45, 2.75) is 20.0 Å². The molecule has 0 spiro atoms. The molecule has 0 unspecified atom stereocenters. The number of thiazole rings is 1. The molecule has 1 aromatic carbocycles. The molecule has 6 heteroatoms. The summed E-state index contributed by atoms with van der Waals surface area (Å²) < 4.78 is 8.39. The van der Waals surface area contributed by atoms with Gasteiger partial charge in [0, 0.05) is 20.1 Å². The normalized spacial score (nSPS) is 11.2. The highest BCUT2D eigenvalue weighted by Gasteiger charge is 2.13. The first-order valence-electron chi connectivity index (χ1n) is 6.80. The van der Waals surface area contributed by atoms with Crippen LogP contribution in [0.1, 0.15) is 16.3 Å². The van der Waals surface area contributed by atoms with Crippen LogP contribution < -0.4 is 10.1 Å². The maximum atomic E-state index is 5.40. The molecule has 2 heterocycles. The minimum absolute atomic E-state index is 0.721. The fraction of sp³-hybridized carbons (Fsp3) is 0.333. The summed E-state index contributed by atoms with van der Waals surface area (Å²) in [7, 11) is 3.57. The fourth-order valence-corrected chi connectivity index (χ4v) is 3.37. The van der Waals surface area contributed by atoms with Crippen LogP contribution >= 0.6 is 11.3 Å². The standard InChI is InChI=1S/C15H18N4OS/c1-10-11(15(20-3)19(2)18-10)8-16-9-14-17-12-6-4-5-7-13(12)21-14/h4-7,16H,8-9H2,1-3H3. The Morgan fingerprint density at radius 2 is 2.10 bits per heavy atom. The van der Waals surface area contributed by atoms with Gasteiger partial charge in [-0.05, 0) is 19.1 Å². The topological polar surface area (TPSA) is 52.0 Å². The van der Waals surface area contributed by atoms with E-state index in [0.29, 0.717) is 0 Å². The fourth-order valence-electron chi connectivity index (χ4n) is 2.43. The average molecular weight is 302 g/mol. The highest BCUT2D eigenvalue weighted by Crippen LogP contribution is 2.23. The van der Waals surface area contributed by atoms with Crippen molar-refractivity contribution >= 4 is 21.6 Å². The third kappa shape index (κ3) is 2.77. The number of aryl methyl sites for hydroxylation is 2. The van der Waals surface area contributed by atoms with Crippen LogP contribution in [0.4, 0.5) is 0 Å². The van der Waals surface area contributed by atoms with E-state index in [1.807, 2.05) is 32.2 Å². The lowest BCUT2D eigenvalue weighted by Crippen LogP contribution is -2.13. The molecule has 5 nitrogen and oxygen atoms in total. The number of nitrogens with zero attached hydrogens (tertiary/aromatic N) is 3. The highest BCUT2D eigenvalue weighted by atomic mass is 32.1. The van der Waals surface area contributed by atoms with Gasteiger partial charge in [-0.2, -0.15) is 5.10 Å². The van der Waals surface area contributed by atoms with Gasteiger partial charge in [-0.15, -0.1) is 11.3 Å². The van der Waals surface area contributed by atoms with E-state index < -0.39 is 0 Å². The second kappa shape index (κ2) is 5.83. The average Bonchev–Trinajstić information content (AvgIpc) is 2.99. The molecule has 0 saturated heterocycles. The van der Waals surface area contributed by atoms with Gasteiger partial charge in [0.05, 0.1) is 28.6 Å². The minimum atomic E-state index is 0.721. The van der Waals surface area contributed by atoms with Gasteiger partial charge in [-0.3, -0.25) is 0 Å². The molecule has 0 aliphatic heterocycles. The van der Waals surface area contributed by atoms with Crippen LogP contribution in [-0.4, -0.2) is 21.9 Å². The van der Waals surface area contributed by atoms with Crippen molar-refractivity contribution in [3.8, 4) is 5.88 Å². The molecule has 3 rings (SSSR count). The summed E-state index contributed by atoms with van der Waals surface area (Å²) >= 11 is 1.73. The van der Waals surface area contributed by atoms with Gasteiger partial charge in [0.15, 0.2) is 0 Å². The van der Waals surface area contributed by atoms with Crippen LogP contribution in [0.25, 0.3) is 10.2 Å². The maximum Gasteiger partial charge on any atom is 0.216 e. The molecule has 2 aromatic heterocycles. The first-order valence-corrected chi connectivity index (χ1v) is 7.62. The molecule has 0 bridgehead atoms. The summed E-state index contributed by atoms with van der Waals surface area (Å²) in [6.45, 7) is 3.47. The van der Waals surface area contributed by atoms with Crippen molar-refractivity contribution in [1.82, 2.24) is 20.1 Å². The number of nitrogens with one attached hydrogen (secondary N) is 1. The predicted molar refractivity (Wildman–Crippen MR) is 84.7 cm³/mol. The van der Waals surface area contributed by atoms with Crippen LogP contribution in [0.3, 0.4) is 0 Å². The molecule has 110 valence electrons. The van der Waals surface area contributed by atoms with E-state index >= 15 is 0 Å². The Morgan fingerprint density at radius 3 is 2.86 bits per heavy atom. The van der Waals surface area contributed by atoms with E-state index in [1.165, 1.54) is 4.70 Å². The van der Waals surface area contributed by atoms with E-state index in [4.69, 9.17) is 4.74 Å². The lowest BCUT2D eigenvalue weighted by atomic mass is 10.2. The van der Waals surface area contributed by atoms with E-state index in [-0.39, 0.29) is 0 Å². The zero-order valence-electron chi connectivity index (χ0n) is 12.4. The third-order valence-electron chi connectivity index (χ3n) is 3.40. The van der Waals surface area contributed by atoms with Gasteiger partial charge in [0.2, 0.25) is 5.88 Å². The number of hydrogen-bond donors (Lipinski definition) is 1. The first kappa shape index (κ1) is 14.0. The van der Waals surface area contributed by atoms with E-state index in [9.17, 15) is 0 Å². The number of methoxy groups -OCH3 is 1. The van der Waals surface area contributed by atoms with Crippen molar-refractivity contribution in [1.29, 1.82) is 0 Å². The van der Waals surface area contributed by atoms with Gasteiger partial charge >= 0.3 is 0 Å². The number of aromatic nitrogens is 3. The van der Waals surface area contributed by atoms with Gasteiger partial charge in [0.1, 0.15) is 5.01 Å². The Kier molecular flexibility index (Phi) is 3.90. The van der Waals surface area contributed by atoms with Crippen LogP contribution in [0.2, 0.25) is 0 Å². The quantitative estimate of drug-likeness (QED) is 0.787. The Labute approximate surface area is 127 Å². The Morgan fingerprint density at radius 1 is 1.29 bits per heavy atom. The number of rotatable bonds is 5. The minimum Gasteiger partial charge on any atom is -0.481 e. The number of fused-ring (bicyclic) bond motifs is 1. The second-order valence-corrected chi connectivity index (χ2v) is 5.99. The molecule has 0 atom stereocenters. The number of para-hydroxylation sites is 1. The first-order chi connectivity index (χ1) is 10.2. The molecule has 1 N–H and O–H groups in total. The van der Waals surface area contributed by atoms with Crippen molar-refractivity contribution in [3.05, 3.63) is 40.5 Å². The van der Waals surface area contributed by atoms with Gasteiger partial charge < -0.3 is 10.1 Å². The van der Waals surface area contributed by atoms with Gasteiger partial charge in [-0.25, -0.2) is 9.67 Å². The third-order valence-corrected chi connectivity index (χ3v) is 4.43. The van der Waals surface area contributed by atoms with Crippen LogP contribution in [-0.2, 0) is 20.1 Å². The van der Waals surface area contributed by atoms with Crippen LogP contribution in [0.5, 0.6) is 5.88 Å². The largest absolute Gasteiger partial charge is 0.481 e. The monoisotopic (exact) mass is 302 g/mol. The zero-order chi connectivity index (χ0) is 14.8.